The fourth-order valence-corrected chi connectivity index (χ4v) is 8.92. The Bertz CT molecular complexity index is 634. The summed E-state index contributed by atoms with van der Waals surface area (Å²) in [5.41, 5.74) is 0.0664. The smallest absolute Gasteiger partial charge is 0.303 e. The van der Waals surface area contributed by atoms with Gasteiger partial charge in [-0.3, -0.25) is 4.79 Å². The average molecular weight is 407 g/mol. The molecule has 4 aliphatic rings. The van der Waals surface area contributed by atoms with E-state index in [9.17, 15) is 15.0 Å². The number of carboxylic acids is 1. The van der Waals surface area contributed by atoms with Crippen LogP contribution in [0.3, 0.4) is 0 Å². The predicted octanol–water partition coefficient (Wildman–Crippen LogP) is 4.72. The number of hydrogen-bond acceptors (Lipinski definition) is 3. The summed E-state index contributed by atoms with van der Waals surface area (Å²) < 4.78 is 0. The second kappa shape index (κ2) is 7.51. The number of aliphatic carboxylic acids is 1. The van der Waals surface area contributed by atoms with Gasteiger partial charge in [0.25, 0.3) is 0 Å². The van der Waals surface area contributed by atoms with E-state index in [1.807, 2.05) is 0 Å². The summed E-state index contributed by atoms with van der Waals surface area (Å²) in [6.07, 6.45) is 7.94. The van der Waals surface area contributed by atoms with Gasteiger partial charge in [0, 0.05) is 6.42 Å². The van der Waals surface area contributed by atoms with Crippen molar-refractivity contribution in [2.75, 3.05) is 0 Å². The van der Waals surface area contributed by atoms with E-state index in [4.69, 9.17) is 5.11 Å². The van der Waals surface area contributed by atoms with Crippen LogP contribution < -0.4 is 0 Å². The van der Waals surface area contributed by atoms with Crippen molar-refractivity contribution in [3.63, 3.8) is 0 Å². The van der Waals surface area contributed by atoms with E-state index in [0.717, 1.165) is 31.6 Å². The Morgan fingerprint density at radius 3 is 2.48 bits per heavy atom. The molecular weight excluding hydrogens is 364 g/mol. The molecule has 4 heteroatoms. The molecule has 166 valence electrons. The second-order valence-corrected chi connectivity index (χ2v) is 11.9. The van der Waals surface area contributed by atoms with Gasteiger partial charge in [0.05, 0.1) is 12.2 Å². The van der Waals surface area contributed by atoms with Crippen molar-refractivity contribution in [2.24, 2.45) is 52.3 Å². The molecule has 4 nitrogen and oxygen atoms in total. The third-order valence-electron chi connectivity index (χ3n) is 10.6. The number of carboxylic acid groups (broad SMARTS) is 1. The van der Waals surface area contributed by atoms with Gasteiger partial charge in [-0.15, -0.1) is 0 Å². The minimum atomic E-state index is -0.728. The summed E-state index contributed by atoms with van der Waals surface area (Å²) in [7, 11) is 0. The average Bonchev–Trinajstić information content (AvgIpc) is 3.01. The normalized spacial score (nSPS) is 52.9. The van der Waals surface area contributed by atoms with Crippen LogP contribution in [0.25, 0.3) is 0 Å². The molecular formula is C25H42O4. The lowest BCUT2D eigenvalue weighted by Crippen LogP contribution is -2.62. The molecule has 4 unspecified atom stereocenters. The van der Waals surface area contributed by atoms with Gasteiger partial charge in [0.1, 0.15) is 0 Å². The van der Waals surface area contributed by atoms with Gasteiger partial charge in [-0.05, 0) is 97.2 Å². The molecule has 0 aromatic rings. The second-order valence-electron chi connectivity index (χ2n) is 11.9. The van der Waals surface area contributed by atoms with E-state index in [2.05, 4.69) is 27.7 Å². The summed E-state index contributed by atoms with van der Waals surface area (Å²) in [4.78, 5) is 11.1. The van der Waals surface area contributed by atoms with Crippen LogP contribution >= 0.6 is 0 Å². The molecule has 11 atom stereocenters. The molecule has 0 spiro atoms. The molecule has 4 saturated carbocycles. The van der Waals surface area contributed by atoms with Crippen molar-refractivity contribution in [2.45, 2.75) is 97.7 Å². The first-order valence-electron chi connectivity index (χ1n) is 12.2. The van der Waals surface area contributed by atoms with Crippen LogP contribution in [0.5, 0.6) is 0 Å². The lowest BCUT2D eigenvalue weighted by Gasteiger charge is -2.63. The molecule has 0 aromatic carbocycles. The standard InChI is InChI=1S/C25H42O4/c1-14-9-10-24(3)16(11-14)12-20(26)23-18-7-6-17(15(2)5-8-22(28)29)25(18,4)21(27)13-19(23)24/h14-21,23,26-27H,5-13H2,1-4H3,(H,28,29)/t14-,15-,16?,17-,18?,19?,20-,21+,23?,24+,25-/m1/s1. The fourth-order valence-electron chi connectivity index (χ4n) is 8.92. The highest BCUT2D eigenvalue weighted by atomic mass is 16.4. The largest absolute Gasteiger partial charge is 0.481 e. The van der Waals surface area contributed by atoms with Crippen LogP contribution in [0.4, 0.5) is 0 Å². The zero-order valence-corrected chi connectivity index (χ0v) is 18.8. The Balaban J connectivity index is 1.61. The van der Waals surface area contributed by atoms with Crippen molar-refractivity contribution >= 4 is 5.97 Å². The number of aliphatic hydroxyl groups excluding tert-OH is 2. The summed E-state index contributed by atoms with van der Waals surface area (Å²) >= 11 is 0. The molecule has 3 N–H and O–H groups in total. The highest BCUT2D eigenvalue weighted by Gasteiger charge is 2.65. The molecule has 4 aliphatic carbocycles. The molecule has 4 rings (SSSR count). The number of fused-ring (bicyclic) bond motifs is 5. The maximum absolute atomic E-state index is 11.5. The summed E-state index contributed by atoms with van der Waals surface area (Å²) in [6.45, 7) is 9.25. The maximum Gasteiger partial charge on any atom is 0.303 e. The minimum absolute atomic E-state index is 0.189. The number of carbonyl (C=O) groups is 1. The molecule has 0 aromatic heterocycles. The van der Waals surface area contributed by atoms with Gasteiger partial charge < -0.3 is 15.3 Å². The van der Waals surface area contributed by atoms with Crippen LogP contribution in [0.2, 0.25) is 0 Å². The van der Waals surface area contributed by atoms with Crippen LogP contribution in [-0.2, 0) is 4.79 Å². The summed E-state index contributed by atoms with van der Waals surface area (Å²) in [6, 6.07) is 0. The van der Waals surface area contributed by atoms with Gasteiger partial charge in [0.15, 0.2) is 0 Å². The van der Waals surface area contributed by atoms with E-state index in [-0.39, 0.29) is 29.5 Å². The van der Waals surface area contributed by atoms with Gasteiger partial charge in [-0.25, -0.2) is 0 Å². The van der Waals surface area contributed by atoms with E-state index in [0.29, 0.717) is 41.9 Å². The molecule has 0 saturated heterocycles. The predicted molar refractivity (Wildman–Crippen MR) is 113 cm³/mol. The first-order valence-corrected chi connectivity index (χ1v) is 12.2. The van der Waals surface area contributed by atoms with Crippen molar-refractivity contribution in [1.82, 2.24) is 0 Å². The number of aliphatic hydroxyl groups is 2. The Hall–Kier alpha value is -0.610. The van der Waals surface area contributed by atoms with E-state index < -0.39 is 5.97 Å². The molecule has 0 aliphatic heterocycles. The van der Waals surface area contributed by atoms with Crippen LogP contribution in [0, 0.1) is 52.3 Å². The minimum Gasteiger partial charge on any atom is -0.481 e. The van der Waals surface area contributed by atoms with Crippen molar-refractivity contribution in [1.29, 1.82) is 0 Å². The van der Waals surface area contributed by atoms with Crippen LogP contribution in [0.15, 0.2) is 0 Å². The SMILES string of the molecule is C[C@@H]1CC[C@@]2(C)C(C1)C[C@@H](O)C1C2C[C@H](O)[C@@]2(C)C1CC[C@@H]2[C@H](C)CCC(=O)O. The zero-order valence-electron chi connectivity index (χ0n) is 18.8. The maximum atomic E-state index is 11.5. The Morgan fingerprint density at radius 2 is 1.79 bits per heavy atom. The van der Waals surface area contributed by atoms with Crippen LogP contribution in [0.1, 0.15) is 85.5 Å². The third-order valence-corrected chi connectivity index (χ3v) is 10.6. The number of rotatable bonds is 4. The lowest BCUT2D eigenvalue weighted by molar-refractivity contribution is -0.203. The monoisotopic (exact) mass is 406 g/mol. The molecule has 0 bridgehead atoms. The van der Waals surface area contributed by atoms with Gasteiger partial charge >= 0.3 is 5.97 Å². The van der Waals surface area contributed by atoms with Crippen molar-refractivity contribution in [3.05, 3.63) is 0 Å². The highest BCUT2D eigenvalue weighted by molar-refractivity contribution is 5.66. The van der Waals surface area contributed by atoms with E-state index >= 15 is 0 Å². The Morgan fingerprint density at radius 1 is 1.07 bits per heavy atom. The molecule has 4 fully saturated rings. The molecule has 0 amide bonds. The first kappa shape index (κ1) is 21.6. The van der Waals surface area contributed by atoms with Crippen molar-refractivity contribution in [3.8, 4) is 0 Å². The van der Waals surface area contributed by atoms with E-state index in [1.165, 1.54) is 19.3 Å². The number of hydrogen-bond donors (Lipinski definition) is 3. The van der Waals surface area contributed by atoms with Crippen LogP contribution in [-0.4, -0.2) is 33.5 Å². The van der Waals surface area contributed by atoms with Crippen molar-refractivity contribution < 1.29 is 20.1 Å². The Labute approximate surface area is 176 Å². The van der Waals surface area contributed by atoms with Gasteiger partial charge in [0.2, 0.25) is 0 Å². The van der Waals surface area contributed by atoms with Gasteiger partial charge in [-0.1, -0.05) is 34.1 Å². The molecule has 0 heterocycles. The molecule has 0 radical (unpaired) electrons. The fraction of sp³-hybridized carbons (Fsp3) is 0.960. The first-order chi connectivity index (χ1) is 13.6. The topological polar surface area (TPSA) is 77.8 Å². The Kier molecular flexibility index (Phi) is 5.60. The summed E-state index contributed by atoms with van der Waals surface area (Å²) in [5.74, 6) is 2.35. The lowest BCUT2D eigenvalue weighted by atomic mass is 9.42. The van der Waals surface area contributed by atoms with E-state index in [1.54, 1.807) is 0 Å². The third kappa shape index (κ3) is 3.28. The molecule has 29 heavy (non-hydrogen) atoms. The summed E-state index contributed by atoms with van der Waals surface area (Å²) in [5, 5.41) is 32.0. The van der Waals surface area contributed by atoms with Gasteiger partial charge in [-0.2, -0.15) is 0 Å². The zero-order chi connectivity index (χ0) is 21.1. The quantitative estimate of drug-likeness (QED) is 0.631. The highest BCUT2D eigenvalue weighted by Crippen LogP contribution is 2.68.